The number of para-hydroxylation sites is 1. The molecule has 0 spiro atoms. The Hall–Kier alpha value is -3.80. The monoisotopic (exact) mass is 390 g/mol. The third-order valence-electron chi connectivity index (χ3n) is 4.25. The molecule has 0 aliphatic carbocycles. The maximum atomic E-state index is 12.3. The van der Waals surface area contributed by atoms with Crippen molar-refractivity contribution < 1.29 is 19.1 Å². The van der Waals surface area contributed by atoms with Crippen LogP contribution in [0.4, 0.5) is 0 Å². The lowest BCUT2D eigenvalue weighted by Crippen LogP contribution is -2.44. The van der Waals surface area contributed by atoms with Gasteiger partial charge in [-0.25, -0.2) is 0 Å². The fraction of sp³-hybridized carbons (Fsp3) is 0.130. The lowest BCUT2D eigenvalue weighted by molar-refractivity contribution is -0.123. The molecule has 0 aliphatic rings. The summed E-state index contributed by atoms with van der Waals surface area (Å²) in [5, 5.41) is 0. The summed E-state index contributed by atoms with van der Waals surface area (Å²) in [6.45, 7) is 1.63. The van der Waals surface area contributed by atoms with Gasteiger partial charge in [0.05, 0.1) is 12.7 Å². The number of hydrazine groups is 1. The van der Waals surface area contributed by atoms with Gasteiger partial charge in [-0.2, -0.15) is 0 Å². The van der Waals surface area contributed by atoms with E-state index >= 15 is 0 Å². The highest BCUT2D eigenvalue weighted by molar-refractivity contribution is 5.98. The minimum Gasteiger partial charge on any atom is -0.496 e. The molecule has 0 radical (unpaired) electrons. The second kappa shape index (κ2) is 9.41. The van der Waals surface area contributed by atoms with Gasteiger partial charge in [0.15, 0.2) is 6.61 Å². The van der Waals surface area contributed by atoms with Gasteiger partial charge in [-0.15, -0.1) is 0 Å². The van der Waals surface area contributed by atoms with Crippen molar-refractivity contribution in [2.24, 2.45) is 0 Å². The van der Waals surface area contributed by atoms with Gasteiger partial charge < -0.3 is 9.47 Å². The van der Waals surface area contributed by atoms with Gasteiger partial charge >= 0.3 is 0 Å². The maximum Gasteiger partial charge on any atom is 0.276 e. The Bertz CT molecular complexity index is 1000. The number of carbonyl (C=O) groups is 2. The van der Waals surface area contributed by atoms with Crippen LogP contribution in [0.15, 0.2) is 72.8 Å². The van der Waals surface area contributed by atoms with E-state index in [2.05, 4.69) is 10.9 Å². The zero-order chi connectivity index (χ0) is 20.6. The molecule has 0 heterocycles. The van der Waals surface area contributed by atoms with E-state index < -0.39 is 11.8 Å². The first kappa shape index (κ1) is 19.9. The number of benzene rings is 3. The van der Waals surface area contributed by atoms with Crippen molar-refractivity contribution in [3.05, 3.63) is 83.9 Å². The summed E-state index contributed by atoms with van der Waals surface area (Å²) in [7, 11) is 1.48. The van der Waals surface area contributed by atoms with Gasteiger partial charge in [-0.1, -0.05) is 60.2 Å². The Morgan fingerprint density at radius 1 is 0.862 bits per heavy atom. The number of ether oxygens (including phenoxy) is 2. The van der Waals surface area contributed by atoms with Crippen LogP contribution in [0.1, 0.15) is 15.9 Å². The van der Waals surface area contributed by atoms with E-state index in [4.69, 9.17) is 9.47 Å². The molecule has 0 atom stereocenters. The molecule has 148 valence electrons. The first-order valence-corrected chi connectivity index (χ1v) is 9.09. The Morgan fingerprint density at radius 2 is 1.59 bits per heavy atom. The number of rotatable bonds is 6. The molecule has 0 unspecified atom stereocenters. The molecule has 0 fully saturated rings. The summed E-state index contributed by atoms with van der Waals surface area (Å²) in [5.74, 6) is 0.0623. The van der Waals surface area contributed by atoms with Gasteiger partial charge in [0.1, 0.15) is 11.5 Å². The number of carbonyl (C=O) groups excluding carboxylic acids is 2. The summed E-state index contributed by atoms with van der Waals surface area (Å²) >= 11 is 0. The summed E-state index contributed by atoms with van der Waals surface area (Å²) in [4.78, 5) is 24.5. The van der Waals surface area contributed by atoms with E-state index in [0.29, 0.717) is 17.1 Å². The van der Waals surface area contributed by atoms with Crippen LogP contribution in [0.25, 0.3) is 11.1 Å². The fourth-order valence-electron chi connectivity index (χ4n) is 2.82. The molecule has 0 saturated heterocycles. The Labute approximate surface area is 169 Å². The van der Waals surface area contributed by atoms with Crippen molar-refractivity contribution in [2.75, 3.05) is 13.7 Å². The number of aryl methyl sites for hydroxylation is 1. The SMILES string of the molecule is COc1ccc(C)cc1C(=O)NNC(=O)COc1ccccc1-c1ccccc1. The summed E-state index contributed by atoms with van der Waals surface area (Å²) in [5.41, 5.74) is 7.86. The van der Waals surface area contributed by atoms with Crippen LogP contribution in [-0.2, 0) is 4.79 Å². The van der Waals surface area contributed by atoms with E-state index in [1.54, 1.807) is 18.2 Å². The largest absolute Gasteiger partial charge is 0.496 e. The average molecular weight is 390 g/mol. The van der Waals surface area contributed by atoms with Gasteiger partial charge in [0.2, 0.25) is 0 Å². The number of hydrogen-bond acceptors (Lipinski definition) is 4. The maximum absolute atomic E-state index is 12.3. The number of amides is 2. The molecule has 2 amide bonds. The van der Waals surface area contributed by atoms with Gasteiger partial charge in [-0.05, 0) is 30.7 Å². The zero-order valence-corrected chi connectivity index (χ0v) is 16.3. The van der Waals surface area contributed by atoms with Crippen molar-refractivity contribution in [3.8, 4) is 22.6 Å². The van der Waals surface area contributed by atoms with Crippen LogP contribution >= 0.6 is 0 Å². The average Bonchev–Trinajstić information content (AvgIpc) is 2.76. The molecule has 0 aliphatic heterocycles. The predicted octanol–water partition coefficient (Wildman–Crippen LogP) is 3.51. The minimum absolute atomic E-state index is 0.241. The molecule has 3 aromatic rings. The Kier molecular flexibility index (Phi) is 6.47. The van der Waals surface area contributed by atoms with Crippen molar-refractivity contribution in [1.82, 2.24) is 10.9 Å². The topological polar surface area (TPSA) is 76.7 Å². The van der Waals surface area contributed by atoms with Crippen LogP contribution in [0.3, 0.4) is 0 Å². The Morgan fingerprint density at radius 3 is 2.34 bits per heavy atom. The number of methoxy groups -OCH3 is 1. The van der Waals surface area contributed by atoms with Gasteiger partial charge in [0.25, 0.3) is 11.8 Å². The predicted molar refractivity (Wildman–Crippen MR) is 111 cm³/mol. The highest BCUT2D eigenvalue weighted by atomic mass is 16.5. The van der Waals surface area contributed by atoms with Crippen LogP contribution in [0, 0.1) is 6.92 Å². The quantitative estimate of drug-likeness (QED) is 0.632. The molecule has 0 saturated carbocycles. The van der Waals surface area contributed by atoms with Crippen LogP contribution in [0.5, 0.6) is 11.5 Å². The molecule has 2 N–H and O–H groups in total. The summed E-state index contributed by atoms with van der Waals surface area (Å²) in [6, 6.07) is 22.5. The first-order valence-electron chi connectivity index (χ1n) is 9.09. The van der Waals surface area contributed by atoms with Crippen molar-refractivity contribution >= 4 is 11.8 Å². The lowest BCUT2D eigenvalue weighted by Gasteiger charge is -2.13. The normalized spacial score (nSPS) is 10.1. The third-order valence-corrected chi connectivity index (χ3v) is 4.25. The van der Waals surface area contributed by atoms with E-state index in [0.717, 1.165) is 16.7 Å². The second-order valence-corrected chi connectivity index (χ2v) is 6.36. The van der Waals surface area contributed by atoms with E-state index in [1.165, 1.54) is 7.11 Å². The first-order chi connectivity index (χ1) is 14.1. The zero-order valence-electron chi connectivity index (χ0n) is 16.3. The number of nitrogens with one attached hydrogen (secondary N) is 2. The summed E-state index contributed by atoms with van der Waals surface area (Å²) in [6.07, 6.45) is 0. The highest BCUT2D eigenvalue weighted by Gasteiger charge is 2.14. The van der Waals surface area contributed by atoms with E-state index in [9.17, 15) is 9.59 Å². The van der Waals surface area contributed by atoms with E-state index in [-0.39, 0.29) is 6.61 Å². The molecule has 0 bridgehead atoms. The molecule has 0 aromatic heterocycles. The fourth-order valence-corrected chi connectivity index (χ4v) is 2.82. The molecule has 3 aromatic carbocycles. The van der Waals surface area contributed by atoms with Crippen LogP contribution in [0.2, 0.25) is 0 Å². The lowest BCUT2D eigenvalue weighted by atomic mass is 10.1. The third kappa shape index (κ3) is 5.13. The standard InChI is InChI=1S/C23H22N2O4/c1-16-12-13-20(28-2)19(14-16)23(27)25-24-22(26)15-29-21-11-7-6-10-18(21)17-8-4-3-5-9-17/h3-14H,15H2,1-2H3,(H,24,26)(H,25,27). The summed E-state index contributed by atoms with van der Waals surface area (Å²) < 4.78 is 10.9. The molecular formula is C23H22N2O4. The molecular weight excluding hydrogens is 368 g/mol. The second-order valence-electron chi connectivity index (χ2n) is 6.36. The molecule has 6 nitrogen and oxygen atoms in total. The Balaban J connectivity index is 1.59. The van der Waals surface area contributed by atoms with Crippen LogP contribution < -0.4 is 20.3 Å². The van der Waals surface area contributed by atoms with Crippen molar-refractivity contribution in [3.63, 3.8) is 0 Å². The smallest absolute Gasteiger partial charge is 0.276 e. The van der Waals surface area contributed by atoms with Crippen LogP contribution in [-0.4, -0.2) is 25.5 Å². The van der Waals surface area contributed by atoms with Crippen molar-refractivity contribution in [2.45, 2.75) is 6.92 Å². The van der Waals surface area contributed by atoms with E-state index in [1.807, 2.05) is 61.5 Å². The minimum atomic E-state index is -0.479. The highest BCUT2D eigenvalue weighted by Crippen LogP contribution is 2.29. The molecule has 3 rings (SSSR count). The molecule has 6 heteroatoms. The molecule has 29 heavy (non-hydrogen) atoms. The van der Waals surface area contributed by atoms with Gasteiger partial charge in [-0.3, -0.25) is 20.4 Å². The number of hydrogen-bond donors (Lipinski definition) is 2. The van der Waals surface area contributed by atoms with Crippen molar-refractivity contribution in [1.29, 1.82) is 0 Å². The van der Waals surface area contributed by atoms with Gasteiger partial charge in [0, 0.05) is 5.56 Å².